The largest absolute Gasteiger partial charge is 0.507 e. The molecule has 2 aromatic carbocycles. The Balaban J connectivity index is 1.70. The highest BCUT2D eigenvalue weighted by atomic mass is 16.3. The average molecular weight is 332 g/mol. The number of nitrogens with zero attached hydrogens (tertiary/aromatic N) is 2. The summed E-state index contributed by atoms with van der Waals surface area (Å²) in [5.41, 5.74) is 10.4. The van der Waals surface area contributed by atoms with Crippen LogP contribution in [0.5, 0.6) is 5.75 Å². The molecule has 0 spiro atoms. The lowest BCUT2D eigenvalue weighted by atomic mass is 9.99. The second kappa shape index (κ2) is 6.53. The number of anilines is 1. The minimum atomic E-state index is 0.176. The SMILES string of the molecule is Nc1nnc(-c2ccccc2O)cc1-c1ccc(C2CCCN2)cc1. The number of nitrogens with two attached hydrogens (primary N) is 1. The van der Waals surface area contributed by atoms with Gasteiger partial charge in [0.15, 0.2) is 5.82 Å². The van der Waals surface area contributed by atoms with Gasteiger partial charge < -0.3 is 16.2 Å². The maximum atomic E-state index is 10.0. The Morgan fingerprint density at radius 1 is 1.00 bits per heavy atom. The third kappa shape index (κ3) is 3.06. The van der Waals surface area contributed by atoms with Crippen LogP contribution in [0.4, 0.5) is 5.82 Å². The van der Waals surface area contributed by atoms with E-state index in [1.807, 2.05) is 18.2 Å². The standard InChI is InChI=1S/C20H20N4O/c21-20-16(12-18(23-24-20)15-4-1-2-6-19(15)25)13-7-9-14(10-8-13)17-5-3-11-22-17/h1-2,4,6-10,12,17,22,25H,3,5,11H2,(H2,21,24). The molecule has 1 fully saturated rings. The normalized spacial score (nSPS) is 16.9. The van der Waals surface area contributed by atoms with Crippen molar-refractivity contribution in [3.63, 3.8) is 0 Å². The molecule has 1 unspecified atom stereocenters. The summed E-state index contributed by atoms with van der Waals surface area (Å²) in [6, 6.07) is 17.8. The van der Waals surface area contributed by atoms with E-state index in [2.05, 4.69) is 39.8 Å². The van der Waals surface area contributed by atoms with Crippen LogP contribution in [0.1, 0.15) is 24.4 Å². The smallest absolute Gasteiger partial charge is 0.154 e. The maximum absolute atomic E-state index is 10.0. The van der Waals surface area contributed by atoms with E-state index >= 15 is 0 Å². The van der Waals surface area contributed by atoms with Gasteiger partial charge in [0, 0.05) is 17.2 Å². The van der Waals surface area contributed by atoms with E-state index < -0.39 is 0 Å². The summed E-state index contributed by atoms with van der Waals surface area (Å²) < 4.78 is 0. The summed E-state index contributed by atoms with van der Waals surface area (Å²) in [6.45, 7) is 1.08. The number of phenolic OH excluding ortho intramolecular Hbond substituents is 1. The highest BCUT2D eigenvalue weighted by molar-refractivity contribution is 5.79. The van der Waals surface area contributed by atoms with Gasteiger partial charge in [0.2, 0.25) is 0 Å². The van der Waals surface area contributed by atoms with Crippen LogP contribution in [0.25, 0.3) is 22.4 Å². The summed E-state index contributed by atoms with van der Waals surface area (Å²) >= 11 is 0. The molecule has 0 amide bonds. The van der Waals surface area contributed by atoms with Gasteiger partial charge in [-0.2, -0.15) is 0 Å². The molecule has 4 rings (SSSR count). The van der Waals surface area contributed by atoms with Gasteiger partial charge >= 0.3 is 0 Å². The van der Waals surface area contributed by atoms with Crippen molar-refractivity contribution >= 4 is 5.82 Å². The molecule has 0 saturated carbocycles. The van der Waals surface area contributed by atoms with Crippen molar-refractivity contribution in [2.24, 2.45) is 0 Å². The Labute approximate surface area is 146 Å². The fourth-order valence-corrected chi connectivity index (χ4v) is 3.32. The number of aromatic nitrogens is 2. The maximum Gasteiger partial charge on any atom is 0.154 e. The van der Waals surface area contributed by atoms with Crippen LogP contribution in [0, 0.1) is 0 Å². The molecular formula is C20H20N4O. The Morgan fingerprint density at radius 2 is 1.80 bits per heavy atom. The van der Waals surface area contributed by atoms with E-state index in [9.17, 15) is 5.11 Å². The van der Waals surface area contributed by atoms with Crippen molar-refractivity contribution in [2.45, 2.75) is 18.9 Å². The zero-order valence-electron chi connectivity index (χ0n) is 13.8. The van der Waals surface area contributed by atoms with Crippen molar-refractivity contribution in [2.75, 3.05) is 12.3 Å². The van der Waals surface area contributed by atoms with Gasteiger partial charge in [-0.1, -0.05) is 36.4 Å². The highest BCUT2D eigenvalue weighted by Crippen LogP contribution is 2.33. The Hall–Kier alpha value is -2.92. The zero-order valence-corrected chi connectivity index (χ0v) is 13.8. The number of rotatable bonds is 3. The van der Waals surface area contributed by atoms with Crippen LogP contribution in [0.15, 0.2) is 54.6 Å². The van der Waals surface area contributed by atoms with Gasteiger partial charge in [0.05, 0.1) is 5.69 Å². The average Bonchev–Trinajstić information content (AvgIpc) is 3.18. The molecule has 1 atom stereocenters. The fourth-order valence-electron chi connectivity index (χ4n) is 3.32. The first-order valence-electron chi connectivity index (χ1n) is 8.47. The van der Waals surface area contributed by atoms with E-state index in [0.717, 1.165) is 17.7 Å². The van der Waals surface area contributed by atoms with Crippen molar-refractivity contribution in [1.82, 2.24) is 15.5 Å². The van der Waals surface area contributed by atoms with E-state index in [-0.39, 0.29) is 5.75 Å². The minimum absolute atomic E-state index is 0.176. The lowest BCUT2D eigenvalue weighted by Crippen LogP contribution is -2.12. The van der Waals surface area contributed by atoms with Crippen LogP contribution >= 0.6 is 0 Å². The molecule has 1 aliphatic heterocycles. The number of nitrogens with one attached hydrogen (secondary N) is 1. The molecule has 2 heterocycles. The number of para-hydroxylation sites is 1. The van der Waals surface area contributed by atoms with Crippen molar-refractivity contribution < 1.29 is 5.11 Å². The van der Waals surface area contributed by atoms with Crippen molar-refractivity contribution in [3.8, 4) is 28.1 Å². The summed E-state index contributed by atoms with van der Waals surface area (Å²) in [5, 5.41) is 21.8. The molecule has 1 saturated heterocycles. The van der Waals surface area contributed by atoms with Crippen LogP contribution in [0.2, 0.25) is 0 Å². The van der Waals surface area contributed by atoms with Gasteiger partial charge in [0.25, 0.3) is 0 Å². The van der Waals surface area contributed by atoms with Gasteiger partial charge in [-0.05, 0) is 48.7 Å². The van der Waals surface area contributed by atoms with Crippen molar-refractivity contribution in [1.29, 1.82) is 0 Å². The molecule has 126 valence electrons. The lowest BCUT2D eigenvalue weighted by molar-refractivity contribution is 0.477. The first-order chi connectivity index (χ1) is 12.2. The Morgan fingerprint density at radius 3 is 2.52 bits per heavy atom. The van der Waals surface area contributed by atoms with Gasteiger partial charge in [-0.3, -0.25) is 0 Å². The molecule has 25 heavy (non-hydrogen) atoms. The van der Waals surface area contributed by atoms with E-state index in [0.29, 0.717) is 23.1 Å². The number of nitrogen functional groups attached to an aromatic ring is 1. The second-order valence-corrected chi connectivity index (χ2v) is 6.32. The molecule has 0 radical (unpaired) electrons. The van der Waals surface area contributed by atoms with Gasteiger partial charge in [-0.25, -0.2) is 0 Å². The first kappa shape index (κ1) is 15.6. The van der Waals surface area contributed by atoms with Crippen molar-refractivity contribution in [3.05, 3.63) is 60.2 Å². The number of hydrogen-bond acceptors (Lipinski definition) is 5. The summed E-state index contributed by atoms with van der Waals surface area (Å²) in [6.07, 6.45) is 2.40. The molecule has 1 aliphatic rings. The van der Waals surface area contributed by atoms with Crippen LogP contribution in [-0.2, 0) is 0 Å². The lowest BCUT2D eigenvalue weighted by Gasteiger charge is -2.12. The Bertz CT molecular complexity index is 886. The number of aromatic hydroxyl groups is 1. The zero-order chi connectivity index (χ0) is 17.2. The second-order valence-electron chi connectivity index (χ2n) is 6.32. The predicted octanol–water partition coefficient (Wildman–Crippen LogP) is 3.52. The topological polar surface area (TPSA) is 84.1 Å². The Kier molecular flexibility index (Phi) is 4.07. The first-order valence-corrected chi connectivity index (χ1v) is 8.47. The monoisotopic (exact) mass is 332 g/mol. The highest BCUT2D eigenvalue weighted by Gasteiger charge is 2.16. The van der Waals surface area contributed by atoms with Crippen LogP contribution < -0.4 is 11.1 Å². The van der Waals surface area contributed by atoms with E-state index in [1.165, 1.54) is 18.4 Å². The minimum Gasteiger partial charge on any atom is -0.507 e. The molecule has 0 bridgehead atoms. The molecule has 1 aromatic heterocycles. The fraction of sp³-hybridized carbons (Fsp3) is 0.200. The molecule has 4 N–H and O–H groups in total. The summed E-state index contributed by atoms with van der Waals surface area (Å²) in [4.78, 5) is 0. The number of benzene rings is 2. The van der Waals surface area contributed by atoms with Gasteiger partial charge in [-0.15, -0.1) is 10.2 Å². The third-order valence-electron chi connectivity index (χ3n) is 4.69. The van der Waals surface area contributed by atoms with Crippen LogP contribution in [-0.4, -0.2) is 21.8 Å². The molecule has 3 aromatic rings. The van der Waals surface area contributed by atoms with Crippen LogP contribution in [0.3, 0.4) is 0 Å². The quantitative estimate of drug-likeness (QED) is 0.683. The van der Waals surface area contributed by atoms with Gasteiger partial charge in [0.1, 0.15) is 5.75 Å². The molecule has 5 heteroatoms. The third-order valence-corrected chi connectivity index (χ3v) is 4.69. The summed E-state index contributed by atoms with van der Waals surface area (Å²) in [7, 11) is 0. The predicted molar refractivity (Wildman–Crippen MR) is 99.0 cm³/mol. The molecule has 0 aliphatic carbocycles. The molecular weight excluding hydrogens is 312 g/mol. The summed E-state index contributed by atoms with van der Waals surface area (Å²) in [5.74, 6) is 0.557. The number of hydrogen-bond donors (Lipinski definition) is 3. The molecule has 5 nitrogen and oxygen atoms in total. The number of phenols is 1. The van der Waals surface area contributed by atoms with E-state index in [4.69, 9.17) is 5.73 Å². The van der Waals surface area contributed by atoms with E-state index in [1.54, 1.807) is 12.1 Å².